The highest BCUT2D eigenvalue weighted by Gasteiger charge is 2.40. The third-order valence-corrected chi connectivity index (χ3v) is 4.45. The quantitative estimate of drug-likeness (QED) is 0.654. The Balaban J connectivity index is 2.94. The zero-order valence-electron chi connectivity index (χ0n) is 10.0. The van der Waals surface area contributed by atoms with Crippen LogP contribution < -0.4 is 0 Å². The monoisotopic (exact) mass is 248 g/mol. The van der Waals surface area contributed by atoms with Gasteiger partial charge in [0, 0.05) is 34.7 Å². The fraction of sp³-hybridized carbons (Fsp3) is 0.778. The highest BCUT2D eigenvalue weighted by Crippen LogP contribution is 2.22. The molecule has 93 valence electrons. The van der Waals surface area contributed by atoms with E-state index in [2.05, 4.69) is 0 Å². The van der Waals surface area contributed by atoms with Crippen LogP contribution in [0.4, 0.5) is 0 Å². The summed E-state index contributed by atoms with van der Waals surface area (Å²) in [6, 6.07) is -0.595. The van der Waals surface area contributed by atoms with Crippen LogP contribution in [-0.4, -0.2) is 68.6 Å². The number of hydrogen-bond acceptors (Lipinski definition) is 3. The summed E-state index contributed by atoms with van der Waals surface area (Å²) in [5.41, 5.74) is 0. The van der Waals surface area contributed by atoms with Gasteiger partial charge < -0.3 is 4.90 Å². The van der Waals surface area contributed by atoms with Crippen molar-refractivity contribution in [2.24, 2.45) is 0 Å². The zero-order valence-corrected chi connectivity index (χ0v) is 10.9. The van der Waals surface area contributed by atoms with Crippen molar-refractivity contribution in [3.63, 3.8) is 0 Å². The summed E-state index contributed by atoms with van der Waals surface area (Å²) < 4.78 is 26.2. The highest BCUT2D eigenvalue weighted by atomic mass is 32.2. The molecular formula is C9H18N3O3S. The van der Waals surface area contributed by atoms with Gasteiger partial charge in [-0.15, -0.1) is 0 Å². The summed E-state index contributed by atoms with van der Waals surface area (Å²) in [4.78, 5) is 13.2. The van der Waals surface area contributed by atoms with Gasteiger partial charge in [0.15, 0.2) is 0 Å². The SMILES string of the molecule is CN(C)C(=O)[C@H]1C[CH]CN1S(=O)(=O)N(C)C. The average Bonchev–Trinajstić information content (AvgIpc) is 2.64. The van der Waals surface area contributed by atoms with Crippen molar-refractivity contribution in [3.05, 3.63) is 6.42 Å². The molecule has 1 rings (SSSR count). The summed E-state index contributed by atoms with van der Waals surface area (Å²) in [6.45, 7) is 0.296. The molecule has 1 heterocycles. The van der Waals surface area contributed by atoms with Gasteiger partial charge in [-0.25, -0.2) is 0 Å². The van der Waals surface area contributed by atoms with E-state index in [1.54, 1.807) is 14.1 Å². The van der Waals surface area contributed by atoms with E-state index in [1.165, 1.54) is 23.3 Å². The first-order valence-corrected chi connectivity index (χ1v) is 6.40. The highest BCUT2D eigenvalue weighted by molar-refractivity contribution is 7.86. The second kappa shape index (κ2) is 4.68. The van der Waals surface area contributed by atoms with E-state index in [1.807, 2.05) is 6.42 Å². The lowest BCUT2D eigenvalue weighted by molar-refractivity contribution is -0.132. The van der Waals surface area contributed by atoms with Crippen LogP contribution in [0, 0.1) is 6.42 Å². The maximum absolute atomic E-state index is 11.9. The lowest BCUT2D eigenvalue weighted by Crippen LogP contribution is -2.49. The second-order valence-electron chi connectivity index (χ2n) is 4.13. The van der Waals surface area contributed by atoms with E-state index in [4.69, 9.17) is 0 Å². The minimum Gasteiger partial charge on any atom is -0.347 e. The molecule has 6 nitrogen and oxygen atoms in total. The summed E-state index contributed by atoms with van der Waals surface area (Å²) in [5.74, 6) is -0.181. The number of carbonyl (C=O) groups excluding carboxylic acids is 1. The molecule has 16 heavy (non-hydrogen) atoms. The molecule has 1 radical (unpaired) electrons. The van der Waals surface area contributed by atoms with Crippen LogP contribution in [0.2, 0.25) is 0 Å². The molecule has 0 unspecified atom stereocenters. The van der Waals surface area contributed by atoms with Gasteiger partial charge in [0.1, 0.15) is 6.04 Å². The van der Waals surface area contributed by atoms with Gasteiger partial charge >= 0.3 is 0 Å². The predicted octanol–water partition coefficient (Wildman–Crippen LogP) is -0.840. The van der Waals surface area contributed by atoms with Crippen LogP contribution >= 0.6 is 0 Å². The number of amides is 1. The molecule has 0 aromatic rings. The molecule has 0 aliphatic carbocycles. The van der Waals surface area contributed by atoms with E-state index in [-0.39, 0.29) is 5.91 Å². The first-order chi connectivity index (χ1) is 7.28. The summed E-state index contributed by atoms with van der Waals surface area (Å²) in [7, 11) is 2.66. The number of likely N-dealkylation sites (N-methyl/N-ethyl adjacent to an activating group) is 1. The van der Waals surface area contributed by atoms with Gasteiger partial charge in [0.2, 0.25) is 5.91 Å². The third kappa shape index (κ3) is 2.36. The maximum Gasteiger partial charge on any atom is 0.282 e. The Kier molecular flexibility index (Phi) is 3.92. The van der Waals surface area contributed by atoms with Crippen LogP contribution in [0.1, 0.15) is 6.42 Å². The number of hydrogen-bond donors (Lipinski definition) is 0. The normalized spacial score (nSPS) is 22.7. The molecule has 0 spiro atoms. The van der Waals surface area contributed by atoms with Crippen LogP contribution in [0.3, 0.4) is 0 Å². The first-order valence-electron chi connectivity index (χ1n) is 5.00. The molecule has 0 saturated carbocycles. The first kappa shape index (κ1) is 13.4. The molecule has 1 amide bonds. The van der Waals surface area contributed by atoms with Gasteiger partial charge in [0.25, 0.3) is 10.2 Å². The Morgan fingerprint density at radius 3 is 2.31 bits per heavy atom. The van der Waals surface area contributed by atoms with Crippen molar-refractivity contribution in [1.29, 1.82) is 0 Å². The molecule has 0 bridgehead atoms. The Morgan fingerprint density at radius 1 is 1.31 bits per heavy atom. The Morgan fingerprint density at radius 2 is 1.88 bits per heavy atom. The molecular weight excluding hydrogens is 230 g/mol. The van der Waals surface area contributed by atoms with Gasteiger partial charge in [0.05, 0.1) is 0 Å². The molecule has 7 heteroatoms. The molecule has 1 aliphatic rings. The van der Waals surface area contributed by atoms with Crippen molar-refractivity contribution < 1.29 is 13.2 Å². The van der Waals surface area contributed by atoms with Crippen LogP contribution in [-0.2, 0) is 15.0 Å². The van der Waals surface area contributed by atoms with Crippen LogP contribution in [0.15, 0.2) is 0 Å². The molecule has 1 atom stereocenters. The van der Waals surface area contributed by atoms with Crippen molar-refractivity contribution in [3.8, 4) is 0 Å². The zero-order chi connectivity index (χ0) is 12.5. The smallest absolute Gasteiger partial charge is 0.282 e. The molecule has 1 fully saturated rings. The van der Waals surface area contributed by atoms with Gasteiger partial charge in [-0.1, -0.05) is 0 Å². The van der Waals surface area contributed by atoms with E-state index in [9.17, 15) is 13.2 Å². The van der Waals surface area contributed by atoms with Gasteiger partial charge in [-0.05, 0) is 12.8 Å². The minimum atomic E-state index is -3.52. The fourth-order valence-corrected chi connectivity index (χ4v) is 2.80. The van der Waals surface area contributed by atoms with E-state index in [0.717, 1.165) is 4.31 Å². The Labute approximate surface area is 97.0 Å². The number of rotatable bonds is 3. The van der Waals surface area contributed by atoms with Crippen LogP contribution in [0.25, 0.3) is 0 Å². The van der Waals surface area contributed by atoms with Crippen molar-refractivity contribution in [2.75, 3.05) is 34.7 Å². The maximum atomic E-state index is 11.9. The lowest BCUT2D eigenvalue weighted by atomic mass is 10.2. The molecule has 0 aromatic heterocycles. The minimum absolute atomic E-state index is 0.181. The topological polar surface area (TPSA) is 60.9 Å². The predicted molar refractivity (Wildman–Crippen MR) is 60.7 cm³/mol. The van der Waals surface area contributed by atoms with Gasteiger partial charge in [-0.3, -0.25) is 4.79 Å². The lowest BCUT2D eigenvalue weighted by Gasteiger charge is -2.27. The molecule has 1 aliphatic heterocycles. The number of carbonyl (C=O) groups is 1. The standard InChI is InChI=1S/C9H18N3O3S/c1-10(2)9(13)8-6-5-7-12(8)16(14,15)11(3)4/h5,8H,6-7H2,1-4H3/t8-/m1/s1. The summed E-state index contributed by atoms with van der Waals surface area (Å²) in [6.07, 6.45) is 2.29. The van der Waals surface area contributed by atoms with Crippen molar-refractivity contribution in [2.45, 2.75) is 12.5 Å². The largest absolute Gasteiger partial charge is 0.347 e. The summed E-state index contributed by atoms with van der Waals surface area (Å²) >= 11 is 0. The average molecular weight is 248 g/mol. The molecule has 1 saturated heterocycles. The van der Waals surface area contributed by atoms with Crippen molar-refractivity contribution in [1.82, 2.24) is 13.5 Å². The third-order valence-electron chi connectivity index (χ3n) is 2.53. The summed E-state index contributed by atoms with van der Waals surface area (Å²) in [5, 5.41) is 0. The molecule has 0 aromatic carbocycles. The van der Waals surface area contributed by atoms with Crippen LogP contribution in [0.5, 0.6) is 0 Å². The Bertz CT molecular complexity index is 364. The van der Waals surface area contributed by atoms with Gasteiger partial charge in [-0.2, -0.15) is 17.0 Å². The molecule has 0 N–H and O–H groups in total. The van der Waals surface area contributed by atoms with E-state index >= 15 is 0 Å². The number of nitrogens with zero attached hydrogens (tertiary/aromatic N) is 3. The van der Waals surface area contributed by atoms with E-state index < -0.39 is 16.3 Å². The second-order valence-corrected chi connectivity index (χ2v) is 6.23. The fourth-order valence-electron chi connectivity index (χ4n) is 1.59. The van der Waals surface area contributed by atoms with E-state index in [0.29, 0.717) is 13.0 Å². The van der Waals surface area contributed by atoms with Crippen molar-refractivity contribution >= 4 is 16.1 Å². The Hall–Kier alpha value is -0.660.